The number of carboxylic acids is 1. The van der Waals surface area contributed by atoms with E-state index in [-0.39, 0.29) is 11.5 Å². The highest BCUT2D eigenvalue weighted by molar-refractivity contribution is 6.12. The second-order valence-electron chi connectivity index (χ2n) is 6.61. The van der Waals surface area contributed by atoms with Crippen molar-refractivity contribution in [1.82, 2.24) is 14.8 Å². The smallest absolute Gasteiger partial charge is 0.335 e. The molecule has 0 unspecified atom stereocenters. The molecule has 26 heavy (non-hydrogen) atoms. The minimum atomic E-state index is -1.00. The highest BCUT2D eigenvalue weighted by Gasteiger charge is 2.28. The van der Waals surface area contributed by atoms with Crippen LogP contribution >= 0.6 is 0 Å². The van der Waals surface area contributed by atoms with E-state index in [0.29, 0.717) is 22.8 Å². The van der Waals surface area contributed by atoms with Crippen molar-refractivity contribution < 1.29 is 14.7 Å². The molecule has 2 heterocycles. The molecule has 0 bridgehead atoms. The van der Waals surface area contributed by atoms with Crippen molar-refractivity contribution in [3.8, 4) is 0 Å². The molecule has 1 fully saturated rings. The molecule has 0 spiro atoms. The minimum absolute atomic E-state index is 0.174. The number of aromatic carboxylic acids is 1. The van der Waals surface area contributed by atoms with E-state index in [1.54, 1.807) is 16.8 Å². The molecule has 1 saturated carbocycles. The van der Waals surface area contributed by atoms with Gasteiger partial charge in [0, 0.05) is 24.3 Å². The monoisotopic (exact) mass is 350 g/mol. The van der Waals surface area contributed by atoms with Crippen molar-refractivity contribution in [2.24, 2.45) is 7.05 Å². The number of anilines is 1. The van der Waals surface area contributed by atoms with Crippen LogP contribution < -0.4 is 5.32 Å². The summed E-state index contributed by atoms with van der Waals surface area (Å²) in [6.45, 7) is 1.86. The molecule has 0 aliphatic heterocycles. The number of carbonyl (C=O) groups excluding carboxylic acids is 1. The van der Waals surface area contributed by atoms with Gasteiger partial charge >= 0.3 is 5.97 Å². The zero-order chi connectivity index (χ0) is 18.4. The second kappa shape index (κ2) is 5.94. The Balaban J connectivity index is 1.72. The van der Waals surface area contributed by atoms with Gasteiger partial charge in [-0.2, -0.15) is 5.10 Å². The SMILES string of the molecule is Cc1nn(C)c2nc(C3CC3)cc(C(=O)Nc3ccc(C(=O)O)cc3)c12. The average Bonchev–Trinajstić information content (AvgIpc) is 3.42. The first-order valence-corrected chi connectivity index (χ1v) is 8.43. The van der Waals surface area contributed by atoms with Gasteiger partial charge in [0.05, 0.1) is 22.2 Å². The molecular formula is C19H18N4O3. The molecule has 7 heteroatoms. The lowest BCUT2D eigenvalue weighted by molar-refractivity contribution is 0.0696. The van der Waals surface area contributed by atoms with Crippen molar-refractivity contribution in [1.29, 1.82) is 0 Å². The number of carbonyl (C=O) groups is 2. The molecule has 0 radical (unpaired) electrons. The van der Waals surface area contributed by atoms with Crippen LogP contribution in [0, 0.1) is 6.92 Å². The number of carboxylic acid groups (broad SMARTS) is 1. The van der Waals surface area contributed by atoms with Gasteiger partial charge in [-0.1, -0.05) is 0 Å². The average molecular weight is 350 g/mol. The molecular weight excluding hydrogens is 332 g/mol. The van der Waals surface area contributed by atoms with E-state index in [9.17, 15) is 9.59 Å². The van der Waals surface area contributed by atoms with E-state index in [4.69, 9.17) is 10.1 Å². The highest BCUT2D eigenvalue weighted by atomic mass is 16.4. The predicted molar refractivity (Wildman–Crippen MR) is 96.6 cm³/mol. The molecule has 1 aliphatic rings. The van der Waals surface area contributed by atoms with Crippen molar-refractivity contribution in [2.75, 3.05) is 5.32 Å². The van der Waals surface area contributed by atoms with Crippen molar-refractivity contribution in [2.45, 2.75) is 25.7 Å². The molecule has 0 atom stereocenters. The van der Waals surface area contributed by atoms with Crippen LogP contribution in [0.25, 0.3) is 11.0 Å². The van der Waals surface area contributed by atoms with E-state index in [1.807, 2.05) is 20.0 Å². The third-order valence-corrected chi connectivity index (χ3v) is 4.62. The zero-order valence-electron chi connectivity index (χ0n) is 14.5. The van der Waals surface area contributed by atoms with Crippen LogP contribution in [0.2, 0.25) is 0 Å². The highest BCUT2D eigenvalue weighted by Crippen LogP contribution is 2.40. The topological polar surface area (TPSA) is 97.1 Å². The van der Waals surface area contributed by atoms with E-state index in [1.165, 1.54) is 12.1 Å². The van der Waals surface area contributed by atoms with E-state index in [2.05, 4.69) is 10.4 Å². The Hall–Kier alpha value is -3.22. The number of amides is 1. The summed E-state index contributed by atoms with van der Waals surface area (Å²) in [4.78, 5) is 28.6. The molecule has 1 amide bonds. The van der Waals surface area contributed by atoms with Crippen LogP contribution in [-0.2, 0) is 7.05 Å². The lowest BCUT2D eigenvalue weighted by Crippen LogP contribution is -2.14. The van der Waals surface area contributed by atoms with Crippen LogP contribution in [-0.4, -0.2) is 31.7 Å². The number of fused-ring (bicyclic) bond motifs is 1. The molecule has 132 valence electrons. The standard InChI is InChI=1S/C19H18N4O3/c1-10-16-14(9-15(11-3-4-11)21-17(16)23(2)22-10)18(24)20-13-7-5-12(6-8-13)19(25)26/h5-9,11H,3-4H2,1-2H3,(H,20,24)(H,25,26). The maximum atomic E-state index is 12.9. The Kier molecular flexibility index (Phi) is 3.72. The number of hydrogen-bond acceptors (Lipinski definition) is 4. The van der Waals surface area contributed by atoms with Gasteiger partial charge < -0.3 is 10.4 Å². The number of pyridine rings is 1. The summed E-state index contributed by atoms with van der Waals surface area (Å²) in [6, 6.07) is 7.95. The van der Waals surface area contributed by atoms with Gasteiger partial charge in [-0.15, -0.1) is 0 Å². The fraction of sp³-hybridized carbons (Fsp3) is 0.263. The molecule has 3 aromatic rings. The first kappa shape index (κ1) is 16.3. The number of nitrogens with zero attached hydrogens (tertiary/aromatic N) is 3. The molecule has 0 saturated heterocycles. The minimum Gasteiger partial charge on any atom is -0.478 e. The number of rotatable bonds is 4. The second-order valence-corrected chi connectivity index (χ2v) is 6.61. The third-order valence-electron chi connectivity index (χ3n) is 4.62. The third kappa shape index (κ3) is 2.81. The number of hydrogen-bond donors (Lipinski definition) is 2. The summed E-state index contributed by atoms with van der Waals surface area (Å²) in [5.41, 5.74) is 3.64. The Labute approximate surface area is 149 Å². The van der Waals surface area contributed by atoms with Gasteiger partial charge in [0.2, 0.25) is 0 Å². The molecule has 7 nitrogen and oxygen atoms in total. The Morgan fingerprint density at radius 3 is 2.54 bits per heavy atom. The van der Waals surface area contributed by atoms with Crippen LogP contribution in [0.4, 0.5) is 5.69 Å². The van der Waals surface area contributed by atoms with Gasteiger partial charge in [-0.3, -0.25) is 9.48 Å². The van der Waals surface area contributed by atoms with E-state index in [0.717, 1.165) is 29.6 Å². The summed E-state index contributed by atoms with van der Waals surface area (Å²) < 4.78 is 1.70. The van der Waals surface area contributed by atoms with Crippen LogP contribution in [0.15, 0.2) is 30.3 Å². The van der Waals surface area contributed by atoms with Gasteiger partial charge in [-0.25, -0.2) is 9.78 Å². The van der Waals surface area contributed by atoms with Crippen LogP contribution in [0.5, 0.6) is 0 Å². The number of aryl methyl sites for hydroxylation is 2. The Morgan fingerprint density at radius 2 is 1.92 bits per heavy atom. The van der Waals surface area contributed by atoms with Gasteiger partial charge in [0.15, 0.2) is 5.65 Å². The number of benzene rings is 1. The molecule has 1 aliphatic carbocycles. The molecule has 2 N–H and O–H groups in total. The van der Waals surface area contributed by atoms with Crippen molar-refractivity contribution in [3.63, 3.8) is 0 Å². The quantitative estimate of drug-likeness (QED) is 0.753. The van der Waals surface area contributed by atoms with E-state index < -0.39 is 5.97 Å². The number of nitrogens with one attached hydrogen (secondary N) is 1. The maximum Gasteiger partial charge on any atom is 0.335 e. The molecule has 2 aromatic heterocycles. The Morgan fingerprint density at radius 1 is 1.23 bits per heavy atom. The lowest BCUT2D eigenvalue weighted by Gasteiger charge is -2.09. The molecule has 1 aromatic carbocycles. The Bertz CT molecular complexity index is 1030. The fourth-order valence-electron chi connectivity index (χ4n) is 3.13. The predicted octanol–water partition coefficient (Wildman–Crippen LogP) is 3.10. The first-order chi connectivity index (χ1) is 12.4. The van der Waals surface area contributed by atoms with Crippen LogP contribution in [0.1, 0.15) is 50.9 Å². The van der Waals surface area contributed by atoms with Gasteiger partial charge in [-0.05, 0) is 50.1 Å². The summed E-state index contributed by atoms with van der Waals surface area (Å²) in [7, 11) is 1.82. The van der Waals surface area contributed by atoms with Gasteiger partial charge in [0.25, 0.3) is 5.91 Å². The fourth-order valence-corrected chi connectivity index (χ4v) is 3.13. The number of aromatic nitrogens is 3. The lowest BCUT2D eigenvalue weighted by atomic mass is 10.1. The normalized spacial score (nSPS) is 13.8. The largest absolute Gasteiger partial charge is 0.478 e. The van der Waals surface area contributed by atoms with Crippen molar-refractivity contribution >= 4 is 28.6 Å². The van der Waals surface area contributed by atoms with Crippen LogP contribution in [0.3, 0.4) is 0 Å². The summed E-state index contributed by atoms with van der Waals surface area (Å²) in [5.74, 6) is -0.840. The van der Waals surface area contributed by atoms with Crippen molar-refractivity contribution in [3.05, 3.63) is 52.8 Å². The van der Waals surface area contributed by atoms with E-state index >= 15 is 0 Å². The molecule has 4 rings (SSSR count). The summed E-state index contributed by atoms with van der Waals surface area (Å²) in [6.07, 6.45) is 2.18. The summed E-state index contributed by atoms with van der Waals surface area (Å²) in [5, 5.41) is 17.0. The zero-order valence-corrected chi connectivity index (χ0v) is 14.5. The van der Waals surface area contributed by atoms with Gasteiger partial charge in [0.1, 0.15) is 0 Å². The summed E-state index contributed by atoms with van der Waals surface area (Å²) >= 11 is 0. The maximum absolute atomic E-state index is 12.9. The first-order valence-electron chi connectivity index (χ1n) is 8.43.